The number of nitrogen functional groups attached to an aromatic ring is 1. The van der Waals surface area contributed by atoms with Gasteiger partial charge < -0.3 is 10.5 Å². The number of anilines is 1. The zero-order valence-electron chi connectivity index (χ0n) is 13.5. The Balaban J connectivity index is 2.04. The Morgan fingerprint density at radius 1 is 0.840 bits per heavy atom. The summed E-state index contributed by atoms with van der Waals surface area (Å²) in [5.41, 5.74) is 7.31. The van der Waals surface area contributed by atoms with Gasteiger partial charge in [-0.1, -0.05) is 48.0 Å². The van der Waals surface area contributed by atoms with Gasteiger partial charge in [-0.25, -0.2) is 0 Å². The number of halogens is 3. The maximum absolute atomic E-state index is 13.3. The Hall–Kier alpha value is -2.95. The van der Waals surface area contributed by atoms with Gasteiger partial charge in [0.25, 0.3) is 0 Å². The van der Waals surface area contributed by atoms with Crippen molar-refractivity contribution in [1.29, 1.82) is 0 Å². The number of ether oxygens (including phenoxy) is 1. The van der Waals surface area contributed by atoms with Gasteiger partial charge in [-0.3, -0.25) is 0 Å². The molecular weight excluding hydrogens is 327 g/mol. The van der Waals surface area contributed by atoms with Crippen molar-refractivity contribution in [3.63, 3.8) is 0 Å². The highest BCUT2D eigenvalue weighted by molar-refractivity contribution is 5.71. The van der Waals surface area contributed by atoms with Gasteiger partial charge in [-0.15, -0.1) is 0 Å². The van der Waals surface area contributed by atoms with Gasteiger partial charge >= 0.3 is 6.18 Å². The fourth-order valence-corrected chi connectivity index (χ4v) is 2.50. The van der Waals surface area contributed by atoms with Gasteiger partial charge in [0.05, 0.1) is 0 Å². The number of nitrogens with two attached hydrogens (primary N) is 1. The average Bonchev–Trinajstić information content (AvgIpc) is 2.57. The van der Waals surface area contributed by atoms with E-state index in [9.17, 15) is 13.2 Å². The smallest absolute Gasteiger partial charge is 0.420 e. The number of benzene rings is 3. The molecule has 3 rings (SSSR count). The third-order valence-electron chi connectivity index (χ3n) is 3.78. The van der Waals surface area contributed by atoms with Gasteiger partial charge in [-0.2, -0.15) is 13.2 Å². The fourth-order valence-electron chi connectivity index (χ4n) is 2.50. The summed E-state index contributed by atoms with van der Waals surface area (Å²) < 4.78 is 45.4. The Morgan fingerprint density at radius 2 is 1.52 bits per heavy atom. The highest BCUT2D eigenvalue weighted by Crippen LogP contribution is 2.41. The maximum Gasteiger partial charge on any atom is 0.420 e. The lowest BCUT2D eigenvalue weighted by molar-refractivity contribution is -0.138. The van der Waals surface area contributed by atoms with Crippen molar-refractivity contribution in [2.24, 2.45) is 0 Å². The molecule has 0 aliphatic heterocycles. The molecule has 0 unspecified atom stereocenters. The van der Waals surface area contributed by atoms with Crippen LogP contribution in [-0.2, 0) is 6.18 Å². The SMILES string of the molecule is Cc1ccc(-c2ccccc2Oc2ccc(N)cc2C(F)(F)F)cc1. The molecule has 3 aromatic carbocycles. The lowest BCUT2D eigenvalue weighted by Gasteiger charge is -2.16. The highest BCUT2D eigenvalue weighted by Gasteiger charge is 2.35. The number of alkyl halides is 3. The zero-order valence-corrected chi connectivity index (χ0v) is 13.5. The van der Waals surface area contributed by atoms with Gasteiger partial charge in [0.2, 0.25) is 0 Å². The molecular formula is C20H16F3NO. The van der Waals surface area contributed by atoms with Crippen molar-refractivity contribution in [2.45, 2.75) is 13.1 Å². The molecule has 0 bridgehead atoms. The van der Waals surface area contributed by atoms with E-state index >= 15 is 0 Å². The topological polar surface area (TPSA) is 35.2 Å². The van der Waals surface area contributed by atoms with Crippen LogP contribution in [0.15, 0.2) is 66.7 Å². The average molecular weight is 343 g/mol. The first-order chi connectivity index (χ1) is 11.8. The van der Waals surface area contributed by atoms with Crippen molar-refractivity contribution in [1.82, 2.24) is 0 Å². The molecule has 3 aromatic rings. The van der Waals surface area contributed by atoms with Gasteiger partial charge in [0.1, 0.15) is 17.1 Å². The van der Waals surface area contributed by atoms with E-state index in [1.165, 1.54) is 12.1 Å². The predicted molar refractivity (Wildman–Crippen MR) is 92.5 cm³/mol. The van der Waals surface area contributed by atoms with Crippen LogP contribution in [0.1, 0.15) is 11.1 Å². The second-order valence-electron chi connectivity index (χ2n) is 5.72. The molecule has 0 radical (unpaired) electrons. The maximum atomic E-state index is 13.3. The summed E-state index contributed by atoms with van der Waals surface area (Å²) in [6.45, 7) is 1.97. The number of aryl methyl sites for hydroxylation is 1. The van der Waals surface area contributed by atoms with Crippen molar-refractivity contribution < 1.29 is 17.9 Å². The summed E-state index contributed by atoms with van der Waals surface area (Å²) in [5.74, 6) is 0.0721. The molecule has 0 atom stereocenters. The van der Waals surface area contributed by atoms with E-state index in [1.54, 1.807) is 12.1 Å². The summed E-state index contributed by atoms with van der Waals surface area (Å²) in [7, 11) is 0. The van der Waals surface area contributed by atoms with Crippen LogP contribution in [0.4, 0.5) is 18.9 Å². The van der Waals surface area contributed by atoms with Crippen molar-refractivity contribution in [3.05, 3.63) is 77.9 Å². The Bertz CT molecular complexity index is 886. The standard InChI is InChI=1S/C20H16F3NO/c1-13-6-8-14(9-7-13)16-4-2-3-5-18(16)25-19-11-10-15(24)12-17(19)20(21,22)23/h2-12H,24H2,1H3. The van der Waals surface area contributed by atoms with Crippen LogP contribution in [0.3, 0.4) is 0 Å². The predicted octanol–water partition coefficient (Wildman–Crippen LogP) is 6.06. The third-order valence-corrected chi connectivity index (χ3v) is 3.78. The van der Waals surface area contributed by atoms with Crippen LogP contribution >= 0.6 is 0 Å². The summed E-state index contributed by atoms with van der Waals surface area (Å²) >= 11 is 0. The minimum Gasteiger partial charge on any atom is -0.456 e. The largest absolute Gasteiger partial charge is 0.456 e. The minimum atomic E-state index is -4.55. The van der Waals surface area contributed by atoms with Crippen LogP contribution < -0.4 is 10.5 Å². The van der Waals surface area contributed by atoms with E-state index < -0.39 is 11.7 Å². The molecule has 0 saturated carbocycles. The van der Waals surface area contributed by atoms with Crippen LogP contribution in [-0.4, -0.2) is 0 Å². The van der Waals surface area contributed by atoms with E-state index in [4.69, 9.17) is 10.5 Å². The molecule has 2 nitrogen and oxygen atoms in total. The molecule has 0 heterocycles. The number of hydrogen-bond donors (Lipinski definition) is 1. The number of rotatable bonds is 3. The first-order valence-corrected chi connectivity index (χ1v) is 7.65. The fraction of sp³-hybridized carbons (Fsp3) is 0.100. The Morgan fingerprint density at radius 3 is 2.20 bits per heavy atom. The molecule has 128 valence electrons. The molecule has 2 N–H and O–H groups in total. The Kier molecular flexibility index (Phi) is 4.40. The zero-order chi connectivity index (χ0) is 18.0. The molecule has 0 fully saturated rings. The molecule has 0 aliphatic carbocycles. The van der Waals surface area contributed by atoms with E-state index in [2.05, 4.69) is 0 Å². The summed E-state index contributed by atoms with van der Waals surface area (Å²) in [5, 5.41) is 0. The molecule has 0 aromatic heterocycles. The molecule has 0 saturated heterocycles. The molecule has 5 heteroatoms. The summed E-state index contributed by atoms with van der Waals surface area (Å²) in [4.78, 5) is 0. The lowest BCUT2D eigenvalue weighted by atomic mass is 10.0. The van der Waals surface area contributed by atoms with E-state index in [0.29, 0.717) is 11.3 Å². The third kappa shape index (κ3) is 3.76. The number of para-hydroxylation sites is 1. The van der Waals surface area contributed by atoms with Crippen LogP contribution in [0.2, 0.25) is 0 Å². The van der Waals surface area contributed by atoms with Crippen molar-refractivity contribution in [3.8, 4) is 22.6 Å². The van der Waals surface area contributed by atoms with Gasteiger partial charge in [0.15, 0.2) is 0 Å². The first kappa shape index (κ1) is 16.9. The van der Waals surface area contributed by atoms with E-state index in [1.807, 2.05) is 43.3 Å². The molecule has 0 spiro atoms. The first-order valence-electron chi connectivity index (χ1n) is 7.65. The molecule has 0 aliphatic rings. The van der Waals surface area contributed by atoms with Crippen LogP contribution in [0, 0.1) is 6.92 Å². The van der Waals surface area contributed by atoms with Gasteiger partial charge in [0, 0.05) is 11.3 Å². The van der Waals surface area contributed by atoms with Crippen molar-refractivity contribution in [2.75, 3.05) is 5.73 Å². The normalized spacial score (nSPS) is 11.4. The monoisotopic (exact) mass is 343 g/mol. The lowest BCUT2D eigenvalue weighted by Crippen LogP contribution is -2.08. The molecule has 25 heavy (non-hydrogen) atoms. The summed E-state index contributed by atoms with van der Waals surface area (Å²) in [6, 6.07) is 18.2. The van der Waals surface area contributed by atoms with Crippen LogP contribution in [0.5, 0.6) is 11.5 Å². The highest BCUT2D eigenvalue weighted by atomic mass is 19.4. The second kappa shape index (κ2) is 6.51. The second-order valence-corrected chi connectivity index (χ2v) is 5.72. The Labute approximate surface area is 143 Å². The van der Waals surface area contributed by atoms with Crippen LogP contribution in [0.25, 0.3) is 11.1 Å². The van der Waals surface area contributed by atoms with E-state index in [-0.39, 0.29) is 11.4 Å². The van der Waals surface area contributed by atoms with Crippen molar-refractivity contribution >= 4 is 5.69 Å². The summed E-state index contributed by atoms with van der Waals surface area (Å²) in [6.07, 6.45) is -4.55. The quantitative estimate of drug-likeness (QED) is 0.587. The van der Waals surface area contributed by atoms with E-state index in [0.717, 1.165) is 17.2 Å². The molecule has 0 amide bonds. The minimum absolute atomic E-state index is 0.0338. The van der Waals surface area contributed by atoms with Gasteiger partial charge in [-0.05, 0) is 36.8 Å². The number of hydrogen-bond acceptors (Lipinski definition) is 2.